The molecule has 0 radical (unpaired) electrons. The van der Waals surface area contributed by atoms with Crippen LogP contribution in [0.1, 0.15) is 28.0 Å². The molecule has 0 aliphatic rings. The predicted octanol–water partition coefficient (Wildman–Crippen LogP) is 2.28. The fraction of sp³-hybridized carbons (Fsp3) is 0.176. The van der Waals surface area contributed by atoms with E-state index in [1.165, 1.54) is 6.07 Å². The maximum Gasteiger partial charge on any atom is 0.343 e. The highest BCUT2D eigenvalue weighted by molar-refractivity contribution is 5.88. The Bertz CT molecular complexity index is 736. The van der Waals surface area contributed by atoms with Gasteiger partial charge in [0.2, 0.25) is 0 Å². The fourth-order valence-corrected chi connectivity index (χ4v) is 1.69. The van der Waals surface area contributed by atoms with E-state index in [9.17, 15) is 9.59 Å². The van der Waals surface area contributed by atoms with E-state index in [0.717, 1.165) is 5.56 Å². The third-order valence-corrected chi connectivity index (χ3v) is 2.74. The van der Waals surface area contributed by atoms with E-state index in [2.05, 4.69) is 16.8 Å². The lowest BCUT2D eigenvalue weighted by Crippen LogP contribution is -2.20. The average molecular weight is 281 g/mol. The number of benzene rings is 1. The number of hydrogen-bond donors (Lipinski definition) is 1. The summed E-state index contributed by atoms with van der Waals surface area (Å²) < 4.78 is 5.03. The number of ether oxygens (including phenoxy) is 1. The number of aromatic amines is 1. The van der Waals surface area contributed by atoms with Crippen molar-refractivity contribution in [3.05, 3.63) is 69.6 Å². The summed E-state index contributed by atoms with van der Waals surface area (Å²) in [6.45, 7) is 1.90. The zero-order chi connectivity index (χ0) is 15.1. The molecule has 0 aliphatic carbocycles. The van der Waals surface area contributed by atoms with Gasteiger partial charge in [0, 0.05) is 17.7 Å². The average Bonchev–Trinajstić information content (AvgIpc) is 2.47. The van der Waals surface area contributed by atoms with Gasteiger partial charge in [-0.05, 0) is 31.2 Å². The Labute approximate surface area is 122 Å². The van der Waals surface area contributed by atoms with E-state index in [4.69, 9.17) is 4.74 Å². The van der Waals surface area contributed by atoms with Crippen molar-refractivity contribution in [3.8, 4) is 11.8 Å². The molecule has 1 aromatic heterocycles. The molecule has 0 amide bonds. The van der Waals surface area contributed by atoms with Crippen molar-refractivity contribution in [2.24, 2.45) is 0 Å². The summed E-state index contributed by atoms with van der Waals surface area (Å²) >= 11 is 0. The zero-order valence-electron chi connectivity index (χ0n) is 11.7. The van der Waals surface area contributed by atoms with Crippen LogP contribution in [0.4, 0.5) is 0 Å². The molecule has 21 heavy (non-hydrogen) atoms. The summed E-state index contributed by atoms with van der Waals surface area (Å²) in [6, 6.07) is 12.7. The maximum atomic E-state index is 11.7. The lowest BCUT2D eigenvalue weighted by atomic mass is 10.2. The van der Waals surface area contributed by atoms with Crippen LogP contribution in [0.3, 0.4) is 0 Å². The number of hydrogen-bond acceptors (Lipinski definition) is 3. The lowest BCUT2D eigenvalue weighted by molar-refractivity contribution is 0.0511. The SMILES string of the molecule is Cc1ccc(C(=O)OCCC#Cc2ccccc2)c(=O)[nH]1. The monoisotopic (exact) mass is 281 g/mol. The molecule has 106 valence electrons. The first-order valence-corrected chi connectivity index (χ1v) is 6.58. The first-order valence-electron chi connectivity index (χ1n) is 6.58. The molecule has 0 bridgehead atoms. The Morgan fingerprint density at radius 1 is 1.19 bits per heavy atom. The zero-order valence-corrected chi connectivity index (χ0v) is 11.7. The normalized spacial score (nSPS) is 9.57. The van der Waals surface area contributed by atoms with Crippen molar-refractivity contribution in [2.45, 2.75) is 13.3 Å². The smallest absolute Gasteiger partial charge is 0.343 e. The fourth-order valence-electron chi connectivity index (χ4n) is 1.69. The summed E-state index contributed by atoms with van der Waals surface area (Å²) in [5.41, 5.74) is 1.19. The first-order chi connectivity index (χ1) is 10.2. The molecule has 2 rings (SSSR count). The Balaban J connectivity index is 1.85. The Kier molecular flexibility index (Phi) is 4.94. The minimum Gasteiger partial charge on any atom is -0.461 e. The highest BCUT2D eigenvalue weighted by Gasteiger charge is 2.10. The first kappa shape index (κ1) is 14.6. The van der Waals surface area contributed by atoms with Gasteiger partial charge in [0.05, 0.1) is 0 Å². The molecule has 2 aromatic rings. The number of rotatable bonds is 3. The van der Waals surface area contributed by atoms with E-state index in [1.807, 2.05) is 30.3 Å². The Morgan fingerprint density at radius 2 is 1.95 bits per heavy atom. The van der Waals surface area contributed by atoms with Crippen molar-refractivity contribution >= 4 is 5.97 Å². The van der Waals surface area contributed by atoms with Crippen molar-refractivity contribution in [3.63, 3.8) is 0 Å². The number of carbonyl (C=O) groups excluding carboxylic acids is 1. The largest absolute Gasteiger partial charge is 0.461 e. The minimum atomic E-state index is -0.627. The van der Waals surface area contributed by atoms with E-state index < -0.39 is 11.5 Å². The van der Waals surface area contributed by atoms with E-state index in [-0.39, 0.29) is 12.2 Å². The molecule has 1 N–H and O–H groups in total. The van der Waals surface area contributed by atoms with Gasteiger partial charge < -0.3 is 9.72 Å². The molecular weight excluding hydrogens is 266 g/mol. The third-order valence-electron chi connectivity index (χ3n) is 2.74. The molecule has 0 aliphatic heterocycles. The van der Waals surface area contributed by atoms with Crippen LogP contribution < -0.4 is 5.56 Å². The molecule has 1 heterocycles. The third kappa shape index (κ3) is 4.36. The van der Waals surface area contributed by atoms with Crippen LogP contribution in [0.2, 0.25) is 0 Å². The van der Waals surface area contributed by atoms with Gasteiger partial charge in [-0.2, -0.15) is 0 Å². The molecule has 4 heteroatoms. The topological polar surface area (TPSA) is 59.2 Å². The molecule has 0 spiro atoms. The molecule has 0 fully saturated rings. The number of aromatic nitrogens is 1. The summed E-state index contributed by atoms with van der Waals surface area (Å²) in [4.78, 5) is 25.8. The highest BCUT2D eigenvalue weighted by Crippen LogP contribution is 1.98. The van der Waals surface area contributed by atoms with Gasteiger partial charge >= 0.3 is 5.97 Å². The van der Waals surface area contributed by atoms with Crippen LogP contribution in [0.5, 0.6) is 0 Å². The number of H-pyrrole nitrogens is 1. The van der Waals surface area contributed by atoms with Crippen molar-refractivity contribution in [2.75, 3.05) is 6.61 Å². The number of carbonyl (C=O) groups is 1. The summed E-state index contributed by atoms with van der Waals surface area (Å²) in [5.74, 6) is 5.26. The summed E-state index contributed by atoms with van der Waals surface area (Å²) in [5, 5.41) is 0. The quantitative estimate of drug-likeness (QED) is 0.533. The van der Waals surface area contributed by atoms with Crippen LogP contribution in [0.25, 0.3) is 0 Å². The summed E-state index contributed by atoms with van der Waals surface area (Å²) in [6.07, 6.45) is 0.421. The molecule has 0 saturated heterocycles. The molecule has 4 nitrogen and oxygen atoms in total. The molecule has 1 aromatic carbocycles. The molecule has 0 unspecified atom stereocenters. The minimum absolute atomic E-state index is 0.0108. The lowest BCUT2D eigenvalue weighted by Gasteiger charge is -2.02. The van der Waals surface area contributed by atoms with Gasteiger partial charge in [0.1, 0.15) is 12.2 Å². The molecular formula is C17H15NO3. The summed E-state index contributed by atoms with van der Waals surface area (Å²) in [7, 11) is 0. The van der Waals surface area contributed by atoms with Gasteiger partial charge in [-0.25, -0.2) is 4.79 Å². The molecule has 0 atom stereocenters. The molecule has 0 saturated carbocycles. The second-order valence-electron chi connectivity index (χ2n) is 4.44. The highest BCUT2D eigenvalue weighted by atomic mass is 16.5. The Morgan fingerprint density at radius 3 is 2.67 bits per heavy atom. The van der Waals surface area contributed by atoms with Gasteiger partial charge in [-0.3, -0.25) is 4.79 Å². The van der Waals surface area contributed by atoms with E-state index >= 15 is 0 Å². The van der Waals surface area contributed by atoms with Crippen molar-refractivity contribution < 1.29 is 9.53 Å². The van der Waals surface area contributed by atoms with Gasteiger partial charge in [-0.15, -0.1) is 0 Å². The maximum absolute atomic E-state index is 11.7. The predicted molar refractivity (Wildman–Crippen MR) is 80.0 cm³/mol. The van der Waals surface area contributed by atoms with Crippen LogP contribution in [-0.4, -0.2) is 17.6 Å². The van der Waals surface area contributed by atoms with Gasteiger partial charge in [-0.1, -0.05) is 30.0 Å². The van der Waals surface area contributed by atoms with E-state index in [0.29, 0.717) is 12.1 Å². The number of pyridine rings is 1. The standard InChI is InChI=1S/C17H15NO3/c1-13-10-11-15(16(19)18-13)17(20)21-12-6-5-9-14-7-3-2-4-8-14/h2-4,7-8,10-11H,6,12H2,1H3,(H,18,19). The van der Waals surface area contributed by atoms with Crippen LogP contribution in [-0.2, 0) is 4.74 Å². The van der Waals surface area contributed by atoms with Gasteiger partial charge in [0.25, 0.3) is 5.56 Å². The second-order valence-corrected chi connectivity index (χ2v) is 4.44. The van der Waals surface area contributed by atoms with E-state index in [1.54, 1.807) is 13.0 Å². The Hall–Kier alpha value is -2.80. The number of aryl methyl sites for hydroxylation is 1. The number of esters is 1. The number of nitrogens with one attached hydrogen (secondary N) is 1. The van der Waals surface area contributed by atoms with Crippen LogP contribution in [0, 0.1) is 18.8 Å². The van der Waals surface area contributed by atoms with Crippen molar-refractivity contribution in [1.82, 2.24) is 4.98 Å². The van der Waals surface area contributed by atoms with Gasteiger partial charge in [0.15, 0.2) is 0 Å². The van der Waals surface area contributed by atoms with Crippen molar-refractivity contribution in [1.29, 1.82) is 0 Å². The van der Waals surface area contributed by atoms with Crippen LogP contribution >= 0.6 is 0 Å². The second kappa shape index (κ2) is 7.11. The van der Waals surface area contributed by atoms with Crippen LogP contribution in [0.15, 0.2) is 47.3 Å².